The van der Waals surface area contributed by atoms with Crippen LogP contribution in [-0.2, 0) is 4.79 Å². The normalized spacial score (nSPS) is 17.8. The van der Waals surface area contributed by atoms with E-state index in [0.717, 1.165) is 32.6 Å². The molecule has 0 bridgehead atoms. The number of nitrogens with one attached hydrogen (secondary N) is 2. The number of amides is 1. The molecule has 1 amide bonds. The first-order chi connectivity index (χ1) is 7.33. The minimum absolute atomic E-state index is 0.0761. The molecule has 4 heteroatoms. The fraction of sp³-hybridized carbons (Fsp3) is 0.727. The molecule has 1 aliphatic heterocycles. The number of hydrogen-bond acceptors (Lipinski definition) is 3. The first-order valence-electron chi connectivity index (χ1n) is 5.46. The van der Waals surface area contributed by atoms with Crippen molar-refractivity contribution in [3.63, 3.8) is 0 Å². The molecule has 2 N–H and O–H groups in total. The summed E-state index contributed by atoms with van der Waals surface area (Å²) >= 11 is 0. The summed E-state index contributed by atoms with van der Waals surface area (Å²) in [5.41, 5.74) is 0. The van der Waals surface area contributed by atoms with Gasteiger partial charge in [0.15, 0.2) is 0 Å². The second-order valence-corrected chi connectivity index (χ2v) is 3.68. The first-order valence-corrected chi connectivity index (χ1v) is 5.46. The fourth-order valence-corrected chi connectivity index (χ4v) is 1.59. The Kier molecular flexibility index (Phi) is 5.83. The van der Waals surface area contributed by atoms with E-state index in [1.807, 2.05) is 0 Å². The Bertz CT molecular complexity index is 226. The Labute approximate surface area is 91.4 Å². The molecule has 4 nitrogen and oxygen atoms in total. The van der Waals surface area contributed by atoms with Gasteiger partial charge in [-0.1, -0.05) is 0 Å². The highest BCUT2D eigenvalue weighted by Crippen LogP contribution is 1.94. The lowest BCUT2D eigenvalue weighted by atomic mass is 10.3. The van der Waals surface area contributed by atoms with Gasteiger partial charge in [0.2, 0.25) is 5.91 Å². The van der Waals surface area contributed by atoms with Crippen molar-refractivity contribution in [3.05, 3.63) is 0 Å². The van der Waals surface area contributed by atoms with Crippen LogP contribution in [0.5, 0.6) is 0 Å². The zero-order valence-electron chi connectivity index (χ0n) is 9.09. The lowest BCUT2D eigenvalue weighted by molar-refractivity contribution is -0.122. The van der Waals surface area contributed by atoms with Crippen molar-refractivity contribution in [1.82, 2.24) is 15.5 Å². The highest BCUT2D eigenvalue weighted by molar-refractivity contribution is 5.78. The molecule has 84 valence electrons. The summed E-state index contributed by atoms with van der Waals surface area (Å²) in [6.45, 7) is 5.04. The molecule has 0 aromatic rings. The van der Waals surface area contributed by atoms with Gasteiger partial charge in [0, 0.05) is 26.1 Å². The topological polar surface area (TPSA) is 44.4 Å². The van der Waals surface area contributed by atoms with Gasteiger partial charge in [-0.05, 0) is 19.5 Å². The van der Waals surface area contributed by atoms with Crippen LogP contribution in [0, 0.1) is 12.3 Å². The van der Waals surface area contributed by atoms with Crippen LogP contribution in [0.1, 0.15) is 12.8 Å². The zero-order chi connectivity index (χ0) is 10.9. The molecule has 1 heterocycles. The van der Waals surface area contributed by atoms with Crippen molar-refractivity contribution in [2.75, 3.05) is 39.3 Å². The van der Waals surface area contributed by atoms with E-state index < -0.39 is 0 Å². The molecule has 0 spiro atoms. The van der Waals surface area contributed by atoms with Gasteiger partial charge in [0.25, 0.3) is 0 Å². The molecule has 1 rings (SSSR count). The Hall–Kier alpha value is -1.05. The van der Waals surface area contributed by atoms with E-state index in [1.54, 1.807) is 0 Å². The predicted molar refractivity (Wildman–Crippen MR) is 60.4 cm³/mol. The van der Waals surface area contributed by atoms with Crippen LogP contribution in [0.4, 0.5) is 0 Å². The van der Waals surface area contributed by atoms with E-state index in [-0.39, 0.29) is 5.91 Å². The molecule has 0 atom stereocenters. The maximum atomic E-state index is 11.5. The van der Waals surface area contributed by atoms with E-state index in [1.165, 1.54) is 0 Å². The molecule has 0 aromatic carbocycles. The van der Waals surface area contributed by atoms with Crippen LogP contribution < -0.4 is 10.6 Å². The van der Waals surface area contributed by atoms with Crippen LogP contribution in [0.2, 0.25) is 0 Å². The van der Waals surface area contributed by atoms with Crippen molar-refractivity contribution >= 4 is 5.91 Å². The van der Waals surface area contributed by atoms with Gasteiger partial charge < -0.3 is 10.6 Å². The third-order valence-electron chi connectivity index (χ3n) is 2.39. The quantitative estimate of drug-likeness (QED) is 0.481. The Morgan fingerprint density at radius 3 is 3.13 bits per heavy atom. The molecule has 1 aliphatic rings. The monoisotopic (exact) mass is 209 g/mol. The Balaban J connectivity index is 2.15. The van der Waals surface area contributed by atoms with Crippen molar-refractivity contribution in [1.29, 1.82) is 0 Å². The standard InChI is InChI=1S/C11H19N3O/c1-2-3-6-13-11(15)10-14-8-4-5-12-7-9-14/h1,12H,3-10H2,(H,13,15). The smallest absolute Gasteiger partial charge is 0.234 e. The predicted octanol–water partition coefficient (Wildman–Crippen LogP) is -0.579. The highest BCUT2D eigenvalue weighted by atomic mass is 16.2. The summed E-state index contributed by atoms with van der Waals surface area (Å²) in [7, 11) is 0. The minimum atomic E-state index is 0.0761. The number of terminal acetylenes is 1. The average molecular weight is 209 g/mol. The average Bonchev–Trinajstić information content (AvgIpc) is 2.47. The summed E-state index contributed by atoms with van der Waals surface area (Å²) in [5.74, 6) is 2.57. The lowest BCUT2D eigenvalue weighted by Crippen LogP contribution is -2.39. The van der Waals surface area contributed by atoms with Gasteiger partial charge in [-0.2, -0.15) is 0 Å². The summed E-state index contributed by atoms with van der Waals surface area (Å²) in [5, 5.41) is 6.11. The van der Waals surface area contributed by atoms with Gasteiger partial charge in [0.05, 0.1) is 6.54 Å². The maximum Gasteiger partial charge on any atom is 0.234 e. The molecular formula is C11H19N3O. The van der Waals surface area contributed by atoms with E-state index in [9.17, 15) is 4.79 Å². The summed E-state index contributed by atoms with van der Waals surface area (Å²) in [6, 6.07) is 0. The van der Waals surface area contributed by atoms with Crippen molar-refractivity contribution in [3.8, 4) is 12.3 Å². The summed E-state index contributed by atoms with van der Waals surface area (Å²) in [4.78, 5) is 13.6. The number of carbonyl (C=O) groups excluding carboxylic acids is 1. The van der Waals surface area contributed by atoms with Crippen LogP contribution in [-0.4, -0.2) is 50.1 Å². The van der Waals surface area contributed by atoms with Crippen LogP contribution in [0.15, 0.2) is 0 Å². The summed E-state index contributed by atoms with van der Waals surface area (Å²) < 4.78 is 0. The molecule has 0 saturated carbocycles. The van der Waals surface area contributed by atoms with Gasteiger partial charge in [-0.15, -0.1) is 12.3 Å². The van der Waals surface area contributed by atoms with Crippen LogP contribution >= 0.6 is 0 Å². The third-order valence-corrected chi connectivity index (χ3v) is 2.39. The van der Waals surface area contributed by atoms with Crippen molar-refractivity contribution in [2.45, 2.75) is 12.8 Å². The minimum Gasteiger partial charge on any atom is -0.354 e. The van der Waals surface area contributed by atoms with Crippen LogP contribution in [0.3, 0.4) is 0 Å². The second-order valence-electron chi connectivity index (χ2n) is 3.68. The Morgan fingerprint density at radius 1 is 1.47 bits per heavy atom. The van der Waals surface area contributed by atoms with E-state index >= 15 is 0 Å². The molecule has 0 aromatic heterocycles. The SMILES string of the molecule is C#CCCNC(=O)CN1CCCNCC1. The fourth-order valence-electron chi connectivity index (χ4n) is 1.59. The van der Waals surface area contributed by atoms with Gasteiger partial charge >= 0.3 is 0 Å². The van der Waals surface area contributed by atoms with E-state index in [2.05, 4.69) is 21.5 Å². The van der Waals surface area contributed by atoms with Crippen molar-refractivity contribution in [2.24, 2.45) is 0 Å². The molecule has 1 saturated heterocycles. The summed E-state index contributed by atoms with van der Waals surface area (Å²) in [6.07, 6.45) is 6.81. The highest BCUT2D eigenvalue weighted by Gasteiger charge is 2.11. The first kappa shape index (κ1) is 12.0. The molecule has 0 radical (unpaired) electrons. The van der Waals surface area contributed by atoms with Crippen molar-refractivity contribution < 1.29 is 4.79 Å². The number of hydrogen-bond donors (Lipinski definition) is 2. The molecule has 15 heavy (non-hydrogen) atoms. The van der Waals surface area contributed by atoms with E-state index in [0.29, 0.717) is 19.5 Å². The molecule has 0 unspecified atom stereocenters. The Morgan fingerprint density at radius 2 is 2.33 bits per heavy atom. The number of nitrogens with zero attached hydrogens (tertiary/aromatic N) is 1. The van der Waals surface area contributed by atoms with Crippen LogP contribution in [0.25, 0.3) is 0 Å². The molecule has 0 aliphatic carbocycles. The van der Waals surface area contributed by atoms with Gasteiger partial charge in [-0.25, -0.2) is 0 Å². The second kappa shape index (κ2) is 7.27. The zero-order valence-corrected chi connectivity index (χ0v) is 9.09. The van der Waals surface area contributed by atoms with Gasteiger partial charge in [-0.3, -0.25) is 9.69 Å². The van der Waals surface area contributed by atoms with E-state index in [4.69, 9.17) is 6.42 Å². The lowest BCUT2D eigenvalue weighted by Gasteiger charge is -2.18. The maximum absolute atomic E-state index is 11.5. The number of rotatable bonds is 4. The molecular weight excluding hydrogens is 190 g/mol. The molecule has 1 fully saturated rings. The van der Waals surface area contributed by atoms with Gasteiger partial charge in [0.1, 0.15) is 0 Å². The number of carbonyl (C=O) groups is 1. The largest absolute Gasteiger partial charge is 0.354 e. The third kappa shape index (κ3) is 5.40.